The molecule has 15 atom stereocenters. The van der Waals surface area contributed by atoms with Crippen LogP contribution in [0.5, 0.6) is 0 Å². The van der Waals surface area contributed by atoms with E-state index in [1.165, 1.54) is 38.5 Å². The Hall–Kier alpha value is -0.970. The Morgan fingerprint density at radius 3 is 1.65 bits per heavy atom. The first-order chi connectivity index (χ1) is 23.4. The lowest BCUT2D eigenvalue weighted by atomic mass is 9.81. The van der Waals surface area contributed by atoms with Gasteiger partial charge in [-0.05, 0) is 6.42 Å². The van der Waals surface area contributed by atoms with Gasteiger partial charge in [-0.1, -0.05) is 71.1 Å². The molecule has 14 N–H and O–H groups in total. The molecular formula is C32H61N3O14. The van der Waals surface area contributed by atoms with E-state index in [2.05, 4.69) is 6.92 Å². The molecule has 288 valence electrons. The molecule has 3 aliphatic rings. The molecule has 0 aromatic heterocycles. The van der Waals surface area contributed by atoms with Gasteiger partial charge >= 0.3 is 0 Å². The summed E-state index contributed by atoms with van der Waals surface area (Å²) in [6, 6.07) is -4.18. The average Bonchev–Trinajstić information content (AvgIpc) is 3.10. The van der Waals surface area contributed by atoms with E-state index in [-0.39, 0.29) is 6.42 Å². The van der Waals surface area contributed by atoms with Crippen molar-refractivity contribution in [3.8, 4) is 0 Å². The summed E-state index contributed by atoms with van der Waals surface area (Å²) in [5, 5.41) is 83.5. The number of rotatable bonds is 20. The number of ether oxygens (including phenoxy) is 5. The molecule has 3 aliphatic heterocycles. The number of carbonyl (C=O) groups is 1. The van der Waals surface area contributed by atoms with Crippen molar-refractivity contribution in [1.82, 2.24) is 0 Å². The van der Waals surface area contributed by atoms with Crippen molar-refractivity contribution < 1.29 is 69.3 Å². The molecule has 17 heteroatoms. The number of carbonyl (C=O) groups excluding carboxylic acids is 1. The van der Waals surface area contributed by atoms with Crippen molar-refractivity contribution in [2.45, 2.75) is 175 Å². The summed E-state index contributed by atoms with van der Waals surface area (Å²) in [5.74, 6) is -0.655. The SMILES string of the molecule is CCCCCCCCCCCCCC(=O)[C@]1(CO)O[C@H](OC2[C@@H](CO)O[C@@H](OC3[C@@H](CO)O[C@@H](O)[C@H](N)[C@H]3O)[C@H](N)[C@H]2O)[C@H](N)[C@@H](O)[C@@H]1O. The number of ketones is 1. The minimum atomic E-state index is -2.28. The van der Waals surface area contributed by atoms with E-state index in [9.17, 15) is 45.6 Å². The summed E-state index contributed by atoms with van der Waals surface area (Å²) in [6.45, 7) is -0.253. The molecule has 3 fully saturated rings. The number of aliphatic hydroxyl groups excluding tert-OH is 8. The summed E-state index contributed by atoms with van der Waals surface area (Å²) in [6.07, 6.45) is -5.46. The van der Waals surface area contributed by atoms with Crippen LogP contribution in [0.2, 0.25) is 0 Å². The van der Waals surface area contributed by atoms with Crippen molar-refractivity contribution in [3.05, 3.63) is 0 Å². The summed E-state index contributed by atoms with van der Waals surface area (Å²) in [7, 11) is 0. The Morgan fingerprint density at radius 2 is 1.12 bits per heavy atom. The third-order valence-electron chi connectivity index (χ3n) is 9.95. The van der Waals surface area contributed by atoms with Gasteiger partial charge in [0.05, 0.1) is 37.9 Å². The van der Waals surface area contributed by atoms with Crippen LogP contribution in [0, 0.1) is 0 Å². The second kappa shape index (κ2) is 20.3. The van der Waals surface area contributed by atoms with Gasteiger partial charge in [-0.25, -0.2) is 0 Å². The standard InChI is InChI=1S/C32H61N3O14/c1-2-3-4-5-6-7-8-9-10-11-12-13-19(39)32(16-38)28(43)25(42)22(35)31(49-32)48-27-18(15-37)46-30(21(34)24(27)41)47-26-17(14-36)45-29(44)20(33)23(26)40/h17-18,20-31,36-38,40-44H,2-16,33-35H2,1H3/t17-,18-,20-,21-,22-,23-,24-,25-,26?,27?,28+,29-,30+,31+,32+/m1/s1. The van der Waals surface area contributed by atoms with Gasteiger partial charge in [0.25, 0.3) is 0 Å². The molecule has 49 heavy (non-hydrogen) atoms. The van der Waals surface area contributed by atoms with Crippen LogP contribution >= 0.6 is 0 Å². The summed E-state index contributed by atoms with van der Waals surface area (Å²) >= 11 is 0. The molecule has 0 aromatic carbocycles. The van der Waals surface area contributed by atoms with E-state index in [1.807, 2.05) is 0 Å². The molecule has 0 spiro atoms. The highest BCUT2D eigenvalue weighted by atomic mass is 16.7. The number of hydrogen-bond acceptors (Lipinski definition) is 17. The normalized spacial score (nSPS) is 41.6. The third-order valence-corrected chi connectivity index (χ3v) is 9.95. The zero-order chi connectivity index (χ0) is 36.3. The van der Waals surface area contributed by atoms with Crippen LogP contribution in [0.15, 0.2) is 0 Å². The summed E-state index contributed by atoms with van der Waals surface area (Å²) in [5.41, 5.74) is 15.8. The molecular weight excluding hydrogens is 650 g/mol. The fourth-order valence-corrected chi connectivity index (χ4v) is 6.69. The highest BCUT2D eigenvalue weighted by molar-refractivity contribution is 5.88. The van der Waals surface area contributed by atoms with Gasteiger partial charge in [0.1, 0.15) is 48.8 Å². The first-order valence-electron chi connectivity index (χ1n) is 17.7. The second-order valence-corrected chi connectivity index (χ2v) is 13.6. The number of aliphatic hydroxyl groups is 8. The Balaban J connectivity index is 1.61. The van der Waals surface area contributed by atoms with Gasteiger partial charge in [0, 0.05) is 6.42 Å². The number of unbranched alkanes of at least 4 members (excludes halogenated alkanes) is 10. The zero-order valence-electron chi connectivity index (χ0n) is 28.4. The van der Waals surface area contributed by atoms with E-state index in [0.717, 1.165) is 25.7 Å². The maximum atomic E-state index is 13.4. The number of Topliss-reactive ketones (excluding diaryl/α,β-unsaturated/α-hetero) is 1. The van der Waals surface area contributed by atoms with E-state index in [4.69, 9.17) is 40.9 Å². The first kappa shape index (κ1) is 42.4. The van der Waals surface area contributed by atoms with Gasteiger partial charge in [-0.15, -0.1) is 0 Å². The van der Waals surface area contributed by atoms with Crippen molar-refractivity contribution in [3.63, 3.8) is 0 Å². The maximum Gasteiger partial charge on any atom is 0.180 e. The number of nitrogens with two attached hydrogens (primary N) is 3. The fourth-order valence-electron chi connectivity index (χ4n) is 6.69. The highest BCUT2D eigenvalue weighted by Gasteiger charge is 2.58. The second-order valence-electron chi connectivity index (χ2n) is 13.6. The quantitative estimate of drug-likeness (QED) is 0.0560. The summed E-state index contributed by atoms with van der Waals surface area (Å²) in [4.78, 5) is 13.4. The molecule has 0 amide bonds. The van der Waals surface area contributed by atoms with Crippen molar-refractivity contribution in [1.29, 1.82) is 0 Å². The lowest BCUT2D eigenvalue weighted by Crippen LogP contribution is -2.73. The lowest BCUT2D eigenvalue weighted by Gasteiger charge is -2.50. The lowest BCUT2D eigenvalue weighted by molar-refractivity contribution is -0.355. The third kappa shape index (κ3) is 10.3. The Morgan fingerprint density at radius 1 is 0.653 bits per heavy atom. The van der Waals surface area contributed by atoms with Crippen molar-refractivity contribution >= 4 is 5.78 Å². The predicted octanol–water partition coefficient (Wildman–Crippen LogP) is -3.03. The number of hydrogen-bond donors (Lipinski definition) is 11. The molecule has 0 bridgehead atoms. The Labute approximate surface area is 287 Å². The van der Waals surface area contributed by atoms with E-state index in [0.29, 0.717) is 6.42 Å². The zero-order valence-corrected chi connectivity index (χ0v) is 28.4. The monoisotopic (exact) mass is 711 g/mol. The minimum absolute atomic E-state index is 0.0477. The van der Waals surface area contributed by atoms with Gasteiger partial charge in [-0.2, -0.15) is 0 Å². The predicted molar refractivity (Wildman–Crippen MR) is 172 cm³/mol. The van der Waals surface area contributed by atoms with Crippen LogP contribution in [-0.4, -0.2) is 158 Å². The Kier molecular flexibility index (Phi) is 17.6. The molecule has 3 heterocycles. The van der Waals surface area contributed by atoms with Crippen LogP contribution in [0.1, 0.15) is 84.0 Å². The van der Waals surface area contributed by atoms with Crippen LogP contribution in [-0.2, 0) is 28.5 Å². The van der Waals surface area contributed by atoms with Crippen LogP contribution in [0.4, 0.5) is 0 Å². The smallest absolute Gasteiger partial charge is 0.180 e. The van der Waals surface area contributed by atoms with Crippen molar-refractivity contribution in [2.75, 3.05) is 19.8 Å². The highest BCUT2D eigenvalue weighted by Crippen LogP contribution is 2.35. The van der Waals surface area contributed by atoms with Crippen LogP contribution in [0.25, 0.3) is 0 Å². The van der Waals surface area contributed by atoms with Gasteiger partial charge in [0.2, 0.25) is 0 Å². The first-order valence-corrected chi connectivity index (χ1v) is 17.7. The largest absolute Gasteiger partial charge is 0.394 e. The maximum absolute atomic E-state index is 13.4. The van der Waals surface area contributed by atoms with E-state index < -0.39 is 117 Å². The van der Waals surface area contributed by atoms with Crippen LogP contribution < -0.4 is 17.2 Å². The molecule has 3 saturated heterocycles. The molecule has 2 unspecified atom stereocenters. The molecule has 0 aliphatic carbocycles. The van der Waals surface area contributed by atoms with Gasteiger partial charge < -0.3 is 81.7 Å². The Bertz CT molecular complexity index is 968. The van der Waals surface area contributed by atoms with Crippen LogP contribution in [0.3, 0.4) is 0 Å². The minimum Gasteiger partial charge on any atom is -0.394 e. The molecule has 3 rings (SSSR count). The average molecular weight is 712 g/mol. The van der Waals surface area contributed by atoms with Crippen molar-refractivity contribution in [2.24, 2.45) is 17.2 Å². The van der Waals surface area contributed by atoms with E-state index >= 15 is 0 Å². The summed E-state index contributed by atoms with van der Waals surface area (Å²) < 4.78 is 28.4. The fraction of sp³-hybridized carbons (Fsp3) is 0.969. The van der Waals surface area contributed by atoms with Gasteiger partial charge in [-0.3, -0.25) is 4.79 Å². The van der Waals surface area contributed by atoms with Gasteiger partial charge in [0.15, 0.2) is 30.3 Å². The molecule has 17 nitrogen and oxygen atoms in total. The van der Waals surface area contributed by atoms with E-state index in [1.54, 1.807) is 0 Å². The molecule has 0 aromatic rings. The topological polar surface area (TPSA) is 303 Å². The molecule has 0 radical (unpaired) electrons. The molecule has 0 saturated carbocycles.